The minimum absolute atomic E-state index is 0. The van der Waals surface area contributed by atoms with Crippen molar-refractivity contribution < 1.29 is 72.5 Å². The second-order valence-corrected chi connectivity index (χ2v) is 9.62. The van der Waals surface area contributed by atoms with Gasteiger partial charge in [-0.2, -0.15) is 8.42 Å². The first-order valence-corrected chi connectivity index (χ1v) is 12.7. The van der Waals surface area contributed by atoms with E-state index in [4.69, 9.17) is 9.47 Å². The van der Waals surface area contributed by atoms with Gasteiger partial charge >= 0.3 is 29.6 Å². The van der Waals surface area contributed by atoms with E-state index in [1.54, 1.807) is 24.3 Å². The number of nitrogens with zero attached hydrogens (tertiary/aromatic N) is 3. The third-order valence-electron chi connectivity index (χ3n) is 6.09. The molecular formula is C24H23N4NaO10S. The maximum atomic E-state index is 12.7. The first-order chi connectivity index (χ1) is 18.6. The van der Waals surface area contributed by atoms with Crippen LogP contribution >= 0.6 is 0 Å². The fraction of sp³-hybridized carbons (Fsp3) is 0.333. The molecule has 5 atom stereocenters. The molecule has 40 heavy (non-hydrogen) atoms. The Morgan fingerprint density at radius 3 is 2.52 bits per heavy atom. The summed E-state index contributed by atoms with van der Waals surface area (Å²) in [7, 11) is -2.76. The van der Waals surface area contributed by atoms with Crippen molar-refractivity contribution in [3.63, 3.8) is 0 Å². The van der Waals surface area contributed by atoms with E-state index in [2.05, 4.69) is 15.5 Å². The van der Waals surface area contributed by atoms with Crippen molar-refractivity contribution in [2.45, 2.75) is 44.0 Å². The van der Waals surface area contributed by atoms with Gasteiger partial charge in [0.2, 0.25) is 22.5 Å². The zero-order valence-corrected chi connectivity index (χ0v) is 24.1. The summed E-state index contributed by atoms with van der Waals surface area (Å²) in [6.45, 7) is 0.554. The number of azo groups is 1. The number of allylic oxidation sites excluding steroid dienone is 4. The summed E-state index contributed by atoms with van der Waals surface area (Å²) >= 11 is 0. The van der Waals surface area contributed by atoms with Crippen molar-refractivity contribution in [2.24, 2.45) is 10.2 Å². The van der Waals surface area contributed by atoms with Crippen LogP contribution in [-0.4, -0.2) is 71.6 Å². The molecule has 1 saturated heterocycles. The van der Waals surface area contributed by atoms with Crippen LogP contribution in [0.25, 0.3) is 10.8 Å². The Morgan fingerprint density at radius 2 is 1.90 bits per heavy atom. The molecule has 206 valence electrons. The van der Waals surface area contributed by atoms with Crippen LogP contribution in [0.15, 0.2) is 70.2 Å². The molecule has 0 saturated carbocycles. The quantitative estimate of drug-likeness (QED) is 0.0997. The van der Waals surface area contributed by atoms with E-state index in [1.165, 1.54) is 25.1 Å². The summed E-state index contributed by atoms with van der Waals surface area (Å²) < 4.78 is 34.8. The number of rotatable bonds is 7. The topological polar surface area (TPSA) is 213 Å². The van der Waals surface area contributed by atoms with E-state index >= 15 is 0 Å². The molecule has 0 bridgehead atoms. The van der Waals surface area contributed by atoms with Crippen molar-refractivity contribution >= 4 is 37.5 Å². The Bertz CT molecular complexity index is 1530. The minimum atomic E-state index is -2.76. The average molecular weight is 583 g/mol. The Labute approximate surface area is 251 Å². The molecule has 0 aromatic heterocycles. The van der Waals surface area contributed by atoms with Gasteiger partial charge in [-0.1, -0.05) is 30.4 Å². The number of amides is 1. The fourth-order valence-electron chi connectivity index (χ4n) is 4.17. The molecule has 0 radical (unpaired) electrons. The van der Waals surface area contributed by atoms with Crippen molar-refractivity contribution in [3.8, 4) is 5.75 Å². The predicted octanol–water partition coefficient (Wildman–Crippen LogP) is -2.88. The molecule has 1 amide bonds. The van der Waals surface area contributed by atoms with Gasteiger partial charge < -0.3 is 30.1 Å². The summed E-state index contributed by atoms with van der Waals surface area (Å²) in [5, 5.41) is 55.1. The van der Waals surface area contributed by atoms with E-state index in [9.17, 15) is 38.6 Å². The van der Waals surface area contributed by atoms with Crippen LogP contribution in [0.1, 0.15) is 13.3 Å². The molecule has 16 heteroatoms. The van der Waals surface area contributed by atoms with Crippen LogP contribution in [0.4, 0.5) is 5.69 Å². The molecule has 1 aliphatic carbocycles. The number of hydrogen-bond donors (Lipinski definition) is 3. The average Bonchev–Trinajstić information content (AvgIpc) is 2.91. The van der Waals surface area contributed by atoms with Crippen molar-refractivity contribution in [2.75, 3.05) is 6.61 Å². The number of ether oxygens (including phenoxy) is 2. The number of fused-ring (bicyclic) bond motifs is 1. The number of carbonyl (C=O) groups excluding carboxylic acids is 1. The summed E-state index contributed by atoms with van der Waals surface area (Å²) in [6, 6.07) is 8.54. The van der Waals surface area contributed by atoms with Crippen molar-refractivity contribution in [1.82, 2.24) is 5.32 Å². The van der Waals surface area contributed by atoms with E-state index in [1.807, 2.05) is 0 Å². The first kappa shape index (κ1) is 31.5. The third-order valence-corrected chi connectivity index (χ3v) is 6.85. The predicted molar refractivity (Wildman–Crippen MR) is 134 cm³/mol. The number of aliphatic hydroxyl groups excluding tert-OH is 2. The summed E-state index contributed by atoms with van der Waals surface area (Å²) in [5.74, 6) is -0.311. The second kappa shape index (κ2) is 13.6. The Hall–Kier alpha value is -3.02. The van der Waals surface area contributed by atoms with Gasteiger partial charge in [0.15, 0.2) is 0 Å². The van der Waals surface area contributed by atoms with E-state index in [0.29, 0.717) is 16.5 Å². The Kier molecular flexibility index (Phi) is 10.7. The molecule has 14 nitrogen and oxygen atoms in total. The molecule has 3 N–H and O–H groups in total. The van der Waals surface area contributed by atoms with Crippen LogP contribution < -0.4 is 44.7 Å². The van der Waals surface area contributed by atoms with Gasteiger partial charge in [0, 0.05) is 23.8 Å². The standard InChI is InChI=1S/C24H23N4O10S.Na/c1-12(30)25-21-23(32)22(31)19(11-29)38-24(21)37-18-9-8-16(14-4-2-3-5-15(14)18)26-27-17-7-6-13(28(33)34)10-20(17)39(35)36;/h2-9,19,21-24,29,31H,10-11H2,1H3,(H,25,30);/q-1;+1/t19-,21-,22-,23-,24-;/m1./s1. The van der Waals surface area contributed by atoms with Crippen molar-refractivity contribution in [3.05, 3.63) is 70.1 Å². The van der Waals surface area contributed by atoms with Gasteiger partial charge in [0.05, 0.1) is 35.8 Å². The van der Waals surface area contributed by atoms with Crippen LogP contribution in [0.2, 0.25) is 0 Å². The first-order valence-electron chi connectivity index (χ1n) is 11.6. The molecule has 1 heterocycles. The number of carbonyl (C=O) groups is 1. The third kappa shape index (κ3) is 6.82. The molecule has 0 unspecified atom stereocenters. The Morgan fingerprint density at radius 1 is 1.20 bits per heavy atom. The molecule has 1 aliphatic heterocycles. The van der Waals surface area contributed by atoms with Crippen molar-refractivity contribution in [1.29, 1.82) is 0 Å². The van der Waals surface area contributed by atoms with E-state index in [-0.39, 0.29) is 51.6 Å². The van der Waals surface area contributed by atoms with Crippen LogP contribution in [0.5, 0.6) is 5.75 Å². The normalized spacial score (nSPS) is 24.6. The number of nitro groups is 1. The number of benzene rings is 2. The van der Waals surface area contributed by atoms with Gasteiger partial charge in [0.25, 0.3) is 5.70 Å². The smallest absolute Gasteiger partial charge is 0.848 e. The van der Waals surface area contributed by atoms with Crippen LogP contribution in [-0.2, 0) is 19.8 Å². The van der Waals surface area contributed by atoms with E-state index < -0.39 is 64.8 Å². The molecule has 2 aromatic rings. The maximum Gasteiger partial charge on any atom is 1.00 e. The molecule has 2 aliphatic rings. The monoisotopic (exact) mass is 582 g/mol. The van der Waals surface area contributed by atoms with Gasteiger partial charge in [-0.3, -0.25) is 14.9 Å². The maximum absolute atomic E-state index is 12.7. The largest absolute Gasteiger partial charge is 1.00 e. The van der Waals surface area contributed by atoms with Gasteiger partial charge in [0.1, 0.15) is 22.4 Å². The number of hydrogen-bond acceptors (Lipinski definition) is 12. The summed E-state index contributed by atoms with van der Waals surface area (Å²) in [6.07, 6.45) is -3.96. The van der Waals surface area contributed by atoms with Gasteiger partial charge in [-0.05, 0) is 18.2 Å². The zero-order chi connectivity index (χ0) is 28.3. The molecular weight excluding hydrogens is 559 g/mol. The van der Waals surface area contributed by atoms with Gasteiger partial charge in [-0.15, -0.1) is 10.2 Å². The second-order valence-electron chi connectivity index (χ2n) is 8.65. The van der Waals surface area contributed by atoms with E-state index in [0.717, 1.165) is 6.08 Å². The molecule has 1 fully saturated rings. The fourth-order valence-corrected chi connectivity index (χ4v) is 4.72. The minimum Gasteiger partial charge on any atom is -0.848 e. The SMILES string of the molecule is CC(=O)N[C@H]1[C@H](Oc2ccc(N=NC3=CC=C([N+](=O)[O-])CC3=S(=O)=O)c3ccccc23)O[C@H](CO)[C@@H](O)[C@@H]1[O-].[Na+]. The van der Waals surface area contributed by atoms with Crippen LogP contribution in [0.3, 0.4) is 0 Å². The number of nitrogens with one attached hydrogen (secondary N) is 1. The summed E-state index contributed by atoms with van der Waals surface area (Å²) in [4.78, 5) is 21.8. The summed E-state index contributed by atoms with van der Waals surface area (Å²) in [5.41, 5.74) is -0.0340. The molecule has 4 rings (SSSR count). The molecule has 2 aromatic carbocycles. The molecule has 0 spiro atoms. The Balaban J connectivity index is 0.00000441. The zero-order valence-electron chi connectivity index (χ0n) is 21.3. The van der Waals surface area contributed by atoms with Gasteiger partial charge in [-0.25, -0.2) is 0 Å². The van der Waals surface area contributed by atoms with Crippen LogP contribution in [0, 0.1) is 10.1 Å². The number of aliphatic hydroxyl groups is 2.